The van der Waals surface area contributed by atoms with Crippen molar-refractivity contribution in [3.05, 3.63) is 205 Å². The molecule has 6 aromatic carbocycles. The minimum absolute atomic E-state index is 0.0793. The van der Waals surface area contributed by atoms with Gasteiger partial charge in [-0.2, -0.15) is 0 Å². The smallest absolute Gasteiger partial charge is 0.248 e. The molecule has 0 radical (unpaired) electrons. The Labute approximate surface area is 761 Å². The van der Waals surface area contributed by atoms with Gasteiger partial charge in [-0.25, -0.2) is 13.2 Å². The Morgan fingerprint density at radius 3 is 1.37 bits per heavy atom. The molecular formula is C112H186F3IO4Si. The van der Waals surface area contributed by atoms with E-state index in [1.807, 2.05) is 26.0 Å². The minimum Gasteiger partial charge on any atom is -0.496 e. The highest BCUT2D eigenvalue weighted by Crippen LogP contribution is 2.47. The van der Waals surface area contributed by atoms with Gasteiger partial charge in [0.1, 0.15) is 23.1 Å². The lowest BCUT2D eigenvalue weighted by Gasteiger charge is -2.39. The van der Waals surface area contributed by atoms with Gasteiger partial charge < -0.3 is 14.0 Å². The van der Waals surface area contributed by atoms with Crippen molar-refractivity contribution in [2.24, 2.45) is 29.6 Å². The van der Waals surface area contributed by atoms with E-state index in [-0.39, 0.29) is 35.6 Å². The van der Waals surface area contributed by atoms with Gasteiger partial charge in [0, 0.05) is 29.3 Å². The van der Waals surface area contributed by atoms with Crippen molar-refractivity contribution >= 4 is 42.5 Å². The predicted molar refractivity (Wildman–Crippen MR) is 540 cm³/mol. The average Bonchev–Trinajstić information content (AvgIpc) is 1.65. The summed E-state index contributed by atoms with van der Waals surface area (Å²) in [6.07, 6.45) is 46.1. The van der Waals surface area contributed by atoms with Gasteiger partial charge in [-0.3, -0.25) is 4.79 Å². The number of ketones is 2. The number of unbranched alkanes of at least 4 members (excludes halogenated alkanes) is 5. The number of alkyl halides is 2. The van der Waals surface area contributed by atoms with E-state index in [0.29, 0.717) is 36.4 Å². The molecule has 2 atom stereocenters. The van der Waals surface area contributed by atoms with Crippen molar-refractivity contribution in [3.8, 4) is 5.75 Å². The van der Waals surface area contributed by atoms with E-state index in [0.717, 1.165) is 79.9 Å². The van der Waals surface area contributed by atoms with Crippen molar-refractivity contribution < 1.29 is 31.9 Å². The van der Waals surface area contributed by atoms with Gasteiger partial charge in [-0.1, -0.05) is 393 Å². The summed E-state index contributed by atoms with van der Waals surface area (Å²) in [5.41, 5.74) is 12.6. The molecule has 2 unspecified atom stereocenters. The second-order valence-corrected chi connectivity index (χ2v) is 44.0. The maximum atomic E-state index is 12.8. The summed E-state index contributed by atoms with van der Waals surface area (Å²) in [4.78, 5) is 21.5. The van der Waals surface area contributed by atoms with Crippen LogP contribution in [0.25, 0.3) is 0 Å². The largest absolute Gasteiger partial charge is 0.496 e. The number of aryl methyl sites for hydroxylation is 7. The van der Waals surface area contributed by atoms with Gasteiger partial charge in [0.25, 0.3) is 0 Å². The molecule has 0 bridgehead atoms. The summed E-state index contributed by atoms with van der Waals surface area (Å²) in [6, 6.07) is 50.3. The molecule has 121 heavy (non-hydrogen) atoms. The zero-order valence-electron chi connectivity index (χ0n) is 83.0. The molecule has 0 aliphatic heterocycles. The first-order valence-electron chi connectivity index (χ1n) is 48.7. The third kappa shape index (κ3) is 65.4. The lowest BCUT2D eigenvalue weighted by molar-refractivity contribution is -0.119. The van der Waals surface area contributed by atoms with Crippen LogP contribution in [0.15, 0.2) is 146 Å². The summed E-state index contributed by atoms with van der Waals surface area (Å²) < 4.78 is 50.4. The molecule has 0 saturated heterocycles. The normalized spacial score (nSPS) is 14.9. The van der Waals surface area contributed by atoms with E-state index in [9.17, 15) is 22.8 Å². The number of ether oxygens (including phenoxy) is 1. The Morgan fingerprint density at radius 2 is 0.967 bits per heavy atom. The lowest BCUT2D eigenvalue weighted by atomic mass is 9.88. The minimum atomic E-state index is -2.34. The molecule has 0 aromatic heterocycles. The van der Waals surface area contributed by atoms with Gasteiger partial charge >= 0.3 is 0 Å². The van der Waals surface area contributed by atoms with E-state index < -0.39 is 14.2 Å². The number of hydrogen-bond acceptors (Lipinski definition) is 4. The third-order valence-electron chi connectivity index (χ3n) is 23.9. The maximum absolute atomic E-state index is 12.8. The molecule has 10 rings (SSSR count). The fourth-order valence-electron chi connectivity index (χ4n) is 13.8. The first-order chi connectivity index (χ1) is 57.3. The number of carbonyl (C=O) groups excluding carboxylic acids is 2. The highest BCUT2D eigenvalue weighted by Gasteiger charge is 2.40. The van der Waals surface area contributed by atoms with E-state index >= 15 is 0 Å². The van der Waals surface area contributed by atoms with Crippen LogP contribution in [0, 0.1) is 59.7 Å². The average molecular weight is 1810 g/mol. The summed E-state index contributed by atoms with van der Waals surface area (Å²) in [7, 11) is 0.00936. The molecule has 4 nitrogen and oxygen atoms in total. The van der Waals surface area contributed by atoms with Crippen molar-refractivity contribution in [1.29, 1.82) is 0 Å². The summed E-state index contributed by atoms with van der Waals surface area (Å²) in [5, 5.41) is 0.218. The molecule has 0 heterocycles. The molecule has 4 fully saturated rings. The van der Waals surface area contributed by atoms with E-state index in [4.69, 9.17) is 9.16 Å². The number of Topliss-reactive ketones (excluding diaryl/α,β-unsaturated/α-hetero) is 2. The van der Waals surface area contributed by atoms with E-state index in [1.165, 1.54) is 228 Å². The monoisotopic (exact) mass is 1810 g/mol. The second kappa shape index (κ2) is 72.2. The fraction of sp³-hybridized carbons (Fsp3) is 0.661. The number of hydrogen-bond donors (Lipinski definition) is 0. The van der Waals surface area contributed by atoms with Crippen LogP contribution in [0.5, 0.6) is 5.75 Å². The molecular weight excluding hydrogens is 1620 g/mol. The molecule has 4 aliphatic rings. The van der Waals surface area contributed by atoms with Crippen LogP contribution < -0.4 is 4.74 Å². The molecule has 0 spiro atoms. The van der Waals surface area contributed by atoms with Crippen LogP contribution in [0.2, 0.25) is 18.1 Å². The van der Waals surface area contributed by atoms with Crippen LogP contribution >= 0.6 is 22.6 Å². The topological polar surface area (TPSA) is 52.6 Å². The Morgan fingerprint density at radius 1 is 0.504 bits per heavy atom. The Kier molecular flexibility index (Phi) is 70.5. The fourth-order valence-corrected chi connectivity index (χ4v) is 15.6. The quantitative estimate of drug-likeness (QED) is 0.0267. The number of benzene rings is 6. The van der Waals surface area contributed by atoms with Crippen molar-refractivity contribution in [2.75, 3.05) is 7.11 Å². The van der Waals surface area contributed by atoms with Crippen LogP contribution in [-0.2, 0) is 51.5 Å². The zero-order valence-corrected chi connectivity index (χ0v) is 86.2. The van der Waals surface area contributed by atoms with Crippen LogP contribution in [0.3, 0.4) is 0 Å². The molecule has 4 aliphatic carbocycles. The highest BCUT2D eigenvalue weighted by atomic mass is 127. The van der Waals surface area contributed by atoms with E-state index in [2.05, 4.69) is 289 Å². The number of carbonyl (C=O) groups is 2. The summed E-state index contributed by atoms with van der Waals surface area (Å²) in [6.45, 7) is 54.3. The second-order valence-electron chi connectivity index (χ2n) is 38.0. The number of halogens is 4. The molecule has 9 heteroatoms. The molecule has 4 saturated carbocycles. The molecule has 0 N–H and O–H groups in total. The van der Waals surface area contributed by atoms with Gasteiger partial charge in [-0.05, 0) is 263 Å². The van der Waals surface area contributed by atoms with Crippen molar-refractivity contribution in [2.45, 2.75) is 445 Å². The zero-order chi connectivity index (χ0) is 91.5. The van der Waals surface area contributed by atoms with Gasteiger partial charge in [0.15, 0.2) is 8.32 Å². The van der Waals surface area contributed by atoms with E-state index in [1.54, 1.807) is 27.0 Å². The Hall–Kier alpha value is -4.84. The summed E-state index contributed by atoms with van der Waals surface area (Å²) >= 11 is 2.35. The first kappa shape index (κ1) is 118. The van der Waals surface area contributed by atoms with Crippen molar-refractivity contribution in [1.82, 2.24) is 0 Å². The van der Waals surface area contributed by atoms with Crippen LogP contribution in [0.1, 0.15) is 407 Å². The number of rotatable bonds is 29. The molecule has 690 valence electrons. The molecule has 0 amide bonds. The lowest BCUT2D eigenvalue weighted by Crippen LogP contribution is -2.44. The SMILES string of the molecule is CC1(c2ccc(I)cc2)CC1.CC1CCC(F)(F)CC1.CC1CCCCC1.CC1CCCCC1.CCCC(CC(C)=O)O[Si](C)(C)C(C)(C)C.CCCCC(C)CC.CCCCCC(C)=O.CCCCCc1ccccc1.CCCc1cc(C)c(C)c(OC)c1.CCCc1ccccc1.CCCc1ccccc1F.Cc1ccc(CCC(C)C)cc1. The van der Waals surface area contributed by atoms with Gasteiger partial charge in [0.05, 0.1) is 13.2 Å². The van der Waals surface area contributed by atoms with Crippen LogP contribution in [-0.4, -0.2) is 39.0 Å². The standard InChI is InChI=1S/C13H28O2Si.C12H18O.C12H18.C11H16.C10H11I.C9H11F.C9H12.C8H18.C7H12F2.C7H14O.2C7H14/c1-8-9-12(10-11(2)14)15-16(6,7)13(3,4)5;1-5-6-11-7-9(2)10(3)12(8-11)13-4;1-10(2)4-7-12-8-5-11(3)6-9-12;1-2-3-5-8-11-9-6-4-7-10-11;1-10(6-7-10)8-2-4-9(11)5-3-8;1-2-5-8-6-3-4-7-9(8)10;1-2-6-9-7-4-3-5-8-9;1-4-6-7-8(3)5-2;1-6-2-4-7(8,9)5-3-6;1-3-4-5-6-7(2)8;2*1-7-5-3-2-4-6-7/h12H,8-10H2,1-7H3;7-8H,5-6H2,1-4H3;5-6,8-10H,4,7H2,1-3H3;4,6-7,9-10H,2-3,5,8H2,1H3;2-5H,6-7H2,1H3;3-4,6-7H,2,5H2,1H3;3-5,7-8H,2,6H2,1H3;8H,4-7H2,1-3H3;6H,2-5H2,1H3;3-6H2,1-2H3;2*7H,2-6H2,1H3. The summed E-state index contributed by atoms with van der Waals surface area (Å²) in [5.74, 6) is 3.50. The van der Waals surface area contributed by atoms with Crippen LogP contribution in [0.4, 0.5) is 13.2 Å². The third-order valence-corrected chi connectivity index (χ3v) is 29.2. The highest BCUT2D eigenvalue weighted by molar-refractivity contribution is 14.1. The Balaban J connectivity index is 0. The van der Waals surface area contributed by atoms with Crippen molar-refractivity contribution in [3.63, 3.8) is 0 Å². The maximum Gasteiger partial charge on any atom is 0.248 e. The Bertz CT molecular complexity index is 3360. The first-order valence-corrected chi connectivity index (χ1v) is 52.7. The van der Waals surface area contributed by atoms with Gasteiger partial charge in [0.2, 0.25) is 5.92 Å². The molecule has 6 aromatic rings. The number of methoxy groups -OCH3 is 1. The predicted octanol–water partition coefficient (Wildman–Crippen LogP) is 36.6. The van der Waals surface area contributed by atoms with Gasteiger partial charge in [-0.15, -0.1) is 0 Å².